The molecule has 0 N–H and O–H groups in total. The summed E-state index contributed by atoms with van der Waals surface area (Å²) in [7, 11) is 1.73. The lowest BCUT2D eigenvalue weighted by Gasteiger charge is -2.38. The van der Waals surface area contributed by atoms with Gasteiger partial charge in [0.05, 0.1) is 44.2 Å². The lowest BCUT2D eigenvalue weighted by atomic mass is 10.1. The number of allylic oxidation sites excluding steroid dienone is 2. The number of fused-ring (bicyclic) bond motifs is 2. The molecule has 25 heavy (non-hydrogen) atoms. The third-order valence-corrected chi connectivity index (χ3v) is 5.12. The Balaban J connectivity index is 1.90. The Bertz CT molecular complexity index is 576. The van der Waals surface area contributed by atoms with Gasteiger partial charge in [-0.05, 0) is 44.8 Å². The highest BCUT2D eigenvalue weighted by molar-refractivity contribution is 6.00. The number of methoxy groups -OCH3 is 1. The molecule has 5 nitrogen and oxygen atoms in total. The molecule has 0 aliphatic carbocycles. The summed E-state index contributed by atoms with van der Waals surface area (Å²) in [6.07, 6.45) is 10.1. The van der Waals surface area contributed by atoms with Crippen molar-refractivity contribution in [2.24, 2.45) is 9.98 Å². The normalized spacial score (nSPS) is 35.2. The Labute approximate surface area is 151 Å². The highest BCUT2D eigenvalue weighted by Crippen LogP contribution is 2.32. The second-order valence-corrected chi connectivity index (χ2v) is 7.20. The zero-order valence-corrected chi connectivity index (χ0v) is 15.8. The fourth-order valence-corrected chi connectivity index (χ4v) is 3.98. The number of nitrogens with zero attached hydrogens (tertiary/aromatic N) is 3. The summed E-state index contributed by atoms with van der Waals surface area (Å²) in [5, 5.41) is 0. The smallest absolute Gasteiger partial charge is 0.0884 e. The van der Waals surface area contributed by atoms with Crippen molar-refractivity contribution >= 4 is 11.4 Å². The van der Waals surface area contributed by atoms with Crippen LogP contribution in [0, 0.1) is 0 Å². The molecule has 0 aromatic rings. The second-order valence-electron chi connectivity index (χ2n) is 7.20. The van der Waals surface area contributed by atoms with Gasteiger partial charge in [-0.3, -0.25) is 9.98 Å². The molecule has 0 saturated carbocycles. The van der Waals surface area contributed by atoms with Gasteiger partial charge in [-0.15, -0.1) is 0 Å². The first-order valence-corrected chi connectivity index (χ1v) is 9.56. The van der Waals surface area contributed by atoms with E-state index in [-0.39, 0.29) is 0 Å². The van der Waals surface area contributed by atoms with Crippen LogP contribution in [-0.2, 0) is 9.47 Å². The van der Waals surface area contributed by atoms with Crippen LogP contribution in [0.3, 0.4) is 0 Å². The lowest BCUT2D eigenvalue weighted by molar-refractivity contribution is 0.00296. The molecule has 2 bridgehead atoms. The first kappa shape index (κ1) is 18.3. The number of hydrogen-bond acceptors (Lipinski definition) is 5. The molecule has 0 aromatic heterocycles. The Morgan fingerprint density at radius 2 is 1.96 bits per heavy atom. The van der Waals surface area contributed by atoms with Gasteiger partial charge in [0, 0.05) is 24.2 Å². The molecule has 2 fully saturated rings. The van der Waals surface area contributed by atoms with Crippen LogP contribution in [0.4, 0.5) is 0 Å². The topological polar surface area (TPSA) is 46.4 Å². The van der Waals surface area contributed by atoms with E-state index in [9.17, 15) is 0 Å². The van der Waals surface area contributed by atoms with Crippen LogP contribution < -0.4 is 0 Å². The zero-order valence-electron chi connectivity index (χ0n) is 15.8. The predicted octanol–water partition coefficient (Wildman–Crippen LogP) is 3.37. The van der Waals surface area contributed by atoms with E-state index in [1.807, 2.05) is 6.92 Å². The van der Waals surface area contributed by atoms with Gasteiger partial charge in [0.25, 0.3) is 0 Å². The molecule has 2 unspecified atom stereocenters. The summed E-state index contributed by atoms with van der Waals surface area (Å²) < 4.78 is 11.1. The molecule has 0 amide bonds. The predicted molar refractivity (Wildman–Crippen MR) is 102 cm³/mol. The van der Waals surface area contributed by atoms with Crippen molar-refractivity contribution in [3.63, 3.8) is 0 Å². The molecule has 5 heteroatoms. The van der Waals surface area contributed by atoms with E-state index in [0.717, 1.165) is 43.3 Å². The van der Waals surface area contributed by atoms with Crippen molar-refractivity contribution in [1.29, 1.82) is 0 Å². The molecule has 3 rings (SSSR count). The summed E-state index contributed by atoms with van der Waals surface area (Å²) in [6, 6.07) is 0.968. The van der Waals surface area contributed by atoms with Crippen LogP contribution in [0.15, 0.2) is 33.5 Å². The van der Waals surface area contributed by atoms with Crippen molar-refractivity contribution in [2.45, 2.75) is 58.0 Å². The number of unbranched alkanes of at least 4 members (excludes halogenated alkanes) is 1. The van der Waals surface area contributed by atoms with Gasteiger partial charge >= 0.3 is 0 Å². The SMILES string of the molecule is CCCCC1=N\C\C(N2C3CCC2COC3)=C/C(COC)=N/C(C)=C/1. The highest BCUT2D eigenvalue weighted by Gasteiger charge is 2.38. The lowest BCUT2D eigenvalue weighted by Crippen LogP contribution is -2.45. The monoisotopic (exact) mass is 345 g/mol. The van der Waals surface area contributed by atoms with Crippen LogP contribution in [0.1, 0.15) is 46.0 Å². The summed E-state index contributed by atoms with van der Waals surface area (Å²) in [5.41, 5.74) is 4.41. The summed E-state index contributed by atoms with van der Waals surface area (Å²) in [6.45, 7) is 7.17. The maximum Gasteiger partial charge on any atom is 0.0884 e. The van der Waals surface area contributed by atoms with Gasteiger partial charge in [-0.25, -0.2) is 0 Å². The first-order chi connectivity index (χ1) is 12.2. The maximum atomic E-state index is 5.75. The third-order valence-electron chi connectivity index (χ3n) is 5.12. The standard InChI is InChI=1S/C20H31N3O2/c1-4-5-6-16-9-15(2)22-17(12-24-3)10-20(11-21-16)23-18-7-8-19(23)14-25-13-18/h9-10,18-19H,4-8,11-14H2,1-3H3/b15-9+,20-10+,21-16-,22-17-. The van der Waals surface area contributed by atoms with E-state index in [1.165, 1.54) is 31.4 Å². The molecular weight excluding hydrogens is 314 g/mol. The minimum absolute atomic E-state index is 0.484. The van der Waals surface area contributed by atoms with Gasteiger partial charge in [0.15, 0.2) is 0 Å². The van der Waals surface area contributed by atoms with E-state index in [1.54, 1.807) is 7.11 Å². The largest absolute Gasteiger partial charge is 0.378 e. The molecule has 3 aliphatic heterocycles. The van der Waals surface area contributed by atoms with Gasteiger partial charge in [0.2, 0.25) is 0 Å². The molecule has 0 radical (unpaired) electrons. The summed E-state index contributed by atoms with van der Waals surface area (Å²) >= 11 is 0. The van der Waals surface area contributed by atoms with Crippen molar-refractivity contribution in [3.05, 3.63) is 23.5 Å². The Morgan fingerprint density at radius 3 is 2.64 bits per heavy atom. The van der Waals surface area contributed by atoms with Crippen molar-refractivity contribution < 1.29 is 9.47 Å². The van der Waals surface area contributed by atoms with Crippen LogP contribution in [0.25, 0.3) is 0 Å². The molecule has 138 valence electrons. The van der Waals surface area contributed by atoms with Crippen molar-refractivity contribution in [3.8, 4) is 0 Å². The third kappa shape index (κ3) is 4.59. The average molecular weight is 345 g/mol. The van der Waals surface area contributed by atoms with Crippen LogP contribution in [-0.4, -0.2) is 61.9 Å². The number of ether oxygens (including phenoxy) is 2. The van der Waals surface area contributed by atoms with Gasteiger partial charge in [-0.1, -0.05) is 13.3 Å². The van der Waals surface area contributed by atoms with E-state index < -0.39 is 0 Å². The van der Waals surface area contributed by atoms with E-state index in [2.05, 4.69) is 24.0 Å². The molecule has 2 atom stereocenters. The quantitative estimate of drug-likeness (QED) is 0.741. The fourth-order valence-electron chi connectivity index (χ4n) is 3.98. The van der Waals surface area contributed by atoms with Crippen molar-refractivity contribution in [1.82, 2.24) is 4.90 Å². The molecular formula is C20H31N3O2. The average Bonchev–Trinajstić information content (AvgIpc) is 2.87. The number of rotatable bonds is 6. The number of hydrogen-bond donors (Lipinski definition) is 0. The molecule has 3 aliphatic rings. The fraction of sp³-hybridized carbons (Fsp3) is 0.700. The maximum absolute atomic E-state index is 5.75. The molecule has 0 spiro atoms. The van der Waals surface area contributed by atoms with E-state index in [4.69, 9.17) is 19.5 Å². The van der Waals surface area contributed by atoms with Gasteiger partial charge < -0.3 is 14.4 Å². The minimum atomic E-state index is 0.484. The molecule has 0 aromatic carbocycles. The number of aliphatic imine (C=N–C) groups is 2. The molecule has 2 saturated heterocycles. The van der Waals surface area contributed by atoms with Gasteiger partial charge in [0.1, 0.15) is 0 Å². The number of morpholine rings is 1. The molecule has 3 heterocycles. The summed E-state index contributed by atoms with van der Waals surface area (Å²) in [4.78, 5) is 12.3. The van der Waals surface area contributed by atoms with Crippen LogP contribution >= 0.6 is 0 Å². The van der Waals surface area contributed by atoms with Crippen LogP contribution in [0.5, 0.6) is 0 Å². The summed E-state index contributed by atoms with van der Waals surface area (Å²) in [5.74, 6) is 0. The van der Waals surface area contributed by atoms with Crippen molar-refractivity contribution in [2.75, 3.05) is 33.5 Å². The van der Waals surface area contributed by atoms with E-state index in [0.29, 0.717) is 18.7 Å². The van der Waals surface area contributed by atoms with Gasteiger partial charge in [-0.2, -0.15) is 0 Å². The van der Waals surface area contributed by atoms with E-state index >= 15 is 0 Å². The minimum Gasteiger partial charge on any atom is -0.378 e. The van der Waals surface area contributed by atoms with Crippen LogP contribution in [0.2, 0.25) is 0 Å². The first-order valence-electron chi connectivity index (χ1n) is 9.56. The zero-order chi connectivity index (χ0) is 17.6. The highest BCUT2D eigenvalue weighted by atomic mass is 16.5. The Kier molecular flexibility index (Phi) is 6.43. The Morgan fingerprint density at radius 1 is 1.20 bits per heavy atom. The second kappa shape index (κ2) is 8.77. The Hall–Kier alpha value is -1.46.